The summed E-state index contributed by atoms with van der Waals surface area (Å²) >= 11 is 1.09. The molecule has 10 heteroatoms. The van der Waals surface area contributed by atoms with Gasteiger partial charge in [0.1, 0.15) is 5.75 Å². The Morgan fingerprint density at radius 2 is 2.00 bits per heavy atom. The quantitative estimate of drug-likeness (QED) is 0.322. The van der Waals surface area contributed by atoms with Crippen LogP contribution in [0.2, 0.25) is 0 Å². The zero-order valence-corrected chi connectivity index (χ0v) is 17.5. The van der Waals surface area contributed by atoms with E-state index in [4.69, 9.17) is 9.15 Å². The maximum Gasteiger partial charge on any atom is 0.277 e. The first kappa shape index (κ1) is 21.3. The summed E-state index contributed by atoms with van der Waals surface area (Å²) < 4.78 is 11.2. The van der Waals surface area contributed by atoms with E-state index in [0.717, 1.165) is 28.6 Å². The third-order valence-electron chi connectivity index (χ3n) is 4.38. The second-order valence-electron chi connectivity index (χ2n) is 6.54. The average molecular weight is 428 g/mol. The SMILES string of the molecule is Cc1cc([N+](=O)[O-])ccc1NC(=O)CSc1nnc(COc2cccc(C)c2C)o1. The molecule has 0 saturated heterocycles. The summed E-state index contributed by atoms with van der Waals surface area (Å²) in [4.78, 5) is 22.5. The molecular formula is C20H20N4O5S. The van der Waals surface area contributed by atoms with Crippen molar-refractivity contribution in [3.63, 3.8) is 0 Å². The van der Waals surface area contributed by atoms with Crippen LogP contribution in [0.3, 0.4) is 0 Å². The first-order valence-corrected chi connectivity index (χ1v) is 10.0. The molecule has 0 radical (unpaired) electrons. The lowest BCUT2D eigenvalue weighted by atomic mass is 10.1. The minimum absolute atomic E-state index is 0.0265. The number of carbonyl (C=O) groups is 1. The van der Waals surface area contributed by atoms with Gasteiger partial charge in [0, 0.05) is 17.8 Å². The van der Waals surface area contributed by atoms with Gasteiger partial charge in [0.25, 0.3) is 16.8 Å². The van der Waals surface area contributed by atoms with Crippen LogP contribution in [0.25, 0.3) is 0 Å². The maximum atomic E-state index is 12.2. The monoisotopic (exact) mass is 428 g/mol. The molecule has 0 atom stereocenters. The number of anilines is 1. The summed E-state index contributed by atoms with van der Waals surface area (Å²) in [5, 5.41) is 21.6. The Balaban J connectivity index is 1.51. The van der Waals surface area contributed by atoms with Gasteiger partial charge in [0.2, 0.25) is 5.91 Å². The number of rotatable bonds is 8. The number of nitrogens with zero attached hydrogens (tertiary/aromatic N) is 3. The highest BCUT2D eigenvalue weighted by Crippen LogP contribution is 2.24. The van der Waals surface area contributed by atoms with E-state index in [2.05, 4.69) is 15.5 Å². The number of hydrogen-bond acceptors (Lipinski definition) is 8. The Hall–Kier alpha value is -3.40. The molecule has 9 nitrogen and oxygen atoms in total. The Kier molecular flexibility index (Phi) is 6.68. The second kappa shape index (κ2) is 9.40. The lowest BCUT2D eigenvalue weighted by Gasteiger charge is -2.08. The van der Waals surface area contributed by atoms with Crippen molar-refractivity contribution < 1.29 is 18.9 Å². The van der Waals surface area contributed by atoms with Crippen molar-refractivity contribution in [3.8, 4) is 5.75 Å². The summed E-state index contributed by atoms with van der Waals surface area (Å²) in [5.74, 6) is 0.823. The minimum atomic E-state index is -0.481. The van der Waals surface area contributed by atoms with Crippen LogP contribution in [0, 0.1) is 30.9 Å². The first-order valence-electron chi connectivity index (χ1n) is 9.02. The molecule has 0 fully saturated rings. The molecule has 1 aromatic heterocycles. The third-order valence-corrected chi connectivity index (χ3v) is 5.19. The first-order chi connectivity index (χ1) is 14.3. The highest BCUT2D eigenvalue weighted by Gasteiger charge is 2.13. The van der Waals surface area contributed by atoms with Crippen molar-refractivity contribution in [2.45, 2.75) is 32.6 Å². The van der Waals surface area contributed by atoms with Crippen molar-refractivity contribution >= 4 is 29.0 Å². The van der Waals surface area contributed by atoms with Gasteiger partial charge < -0.3 is 14.5 Å². The molecule has 156 valence electrons. The zero-order valence-electron chi connectivity index (χ0n) is 16.7. The number of non-ortho nitro benzene ring substituents is 1. The van der Waals surface area contributed by atoms with Crippen LogP contribution in [0.4, 0.5) is 11.4 Å². The van der Waals surface area contributed by atoms with Crippen molar-refractivity contribution in [2.75, 3.05) is 11.1 Å². The summed E-state index contributed by atoms with van der Waals surface area (Å²) in [6.07, 6.45) is 0. The molecule has 30 heavy (non-hydrogen) atoms. The highest BCUT2D eigenvalue weighted by molar-refractivity contribution is 7.99. The van der Waals surface area contributed by atoms with Crippen LogP contribution in [0.15, 0.2) is 46.0 Å². The van der Waals surface area contributed by atoms with Gasteiger partial charge in [0.15, 0.2) is 6.61 Å². The summed E-state index contributed by atoms with van der Waals surface area (Å²) in [6, 6.07) is 10.0. The van der Waals surface area contributed by atoms with Crippen LogP contribution in [0.1, 0.15) is 22.6 Å². The number of aryl methyl sites for hydroxylation is 2. The predicted octanol–water partition coefficient (Wildman–Crippen LogP) is 4.21. The molecule has 0 aliphatic carbocycles. The van der Waals surface area contributed by atoms with Gasteiger partial charge in [0.05, 0.1) is 10.7 Å². The molecule has 0 unspecified atom stereocenters. The highest BCUT2D eigenvalue weighted by atomic mass is 32.2. The molecule has 3 rings (SSSR count). The van der Waals surface area contributed by atoms with Crippen molar-refractivity contribution in [1.29, 1.82) is 0 Å². The van der Waals surface area contributed by atoms with Crippen LogP contribution in [-0.4, -0.2) is 26.8 Å². The third kappa shape index (κ3) is 5.35. The Morgan fingerprint density at radius 1 is 1.20 bits per heavy atom. The van der Waals surface area contributed by atoms with Crippen LogP contribution in [-0.2, 0) is 11.4 Å². The molecule has 0 aliphatic rings. The molecule has 1 heterocycles. The number of ether oxygens (including phenoxy) is 1. The molecule has 2 aromatic carbocycles. The number of nitrogens with one attached hydrogen (secondary N) is 1. The number of thioether (sulfide) groups is 1. The fourth-order valence-electron chi connectivity index (χ4n) is 2.59. The molecule has 1 amide bonds. The topological polar surface area (TPSA) is 120 Å². The average Bonchev–Trinajstić information content (AvgIpc) is 3.17. The molecule has 0 spiro atoms. The minimum Gasteiger partial charge on any atom is -0.484 e. The number of carbonyl (C=O) groups excluding carboxylic acids is 1. The zero-order chi connectivity index (χ0) is 21.7. The van der Waals surface area contributed by atoms with Gasteiger partial charge in [-0.15, -0.1) is 10.2 Å². The Labute approximate surface area is 177 Å². The van der Waals surface area contributed by atoms with Crippen LogP contribution >= 0.6 is 11.8 Å². The fourth-order valence-corrected chi connectivity index (χ4v) is 3.17. The van der Waals surface area contributed by atoms with Crippen LogP contribution < -0.4 is 10.1 Å². The smallest absolute Gasteiger partial charge is 0.277 e. The number of aromatic nitrogens is 2. The number of nitro benzene ring substituents is 1. The van der Waals surface area contributed by atoms with E-state index >= 15 is 0 Å². The van der Waals surface area contributed by atoms with E-state index in [0.29, 0.717) is 17.1 Å². The second-order valence-corrected chi connectivity index (χ2v) is 7.47. The number of amides is 1. The van der Waals surface area contributed by atoms with Gasteiger partial charge in [-0.2, -0.15) is 0 Å². The van der Waals surface area contributed by atoms with Gasteiger partial charge in [-0.3, -0.25) is 14.9 Å². The summed E-state index contributed by atoms with van der Waals surface area (Å²) in [5.41, 5.74) is 3.26. The van der Waals surface area contributed by atoms with Crippen LogP contribution in [0.5, 0.6) is 5.75 Å². The van der Waals surface area contributed by atoms with E-state index < -0.39 is 4.92 Å². The standard InChI is InChI=1S/C20H20N4O5S/c1-12-5-4-6-17(14(12)3)28-10-19-22-23-20(29-19)30-11-18(25)21-16-8-7-15(24(26)27)9-13(16)2/h4-9H,10-11H2,1-3H3,(H,21,25). The number of benzene rings is 2. The largest absolute Gasteiger partial charge is 0.484 e. The molecule has 0 bridgehead atoms. The van der Waals surface area contributed by atoms with E-state index in [-0.39, 0.29) is 29.2 Å². The Bertz CT molecular complexity index is 1080. The van der Waals surface area contributed by atoms with Crippen molar-refractivity contribution in [3.05, 3.63) is 69.1 Å². The molecule has 1 N–H and O–H groups in total. The van der Waals surface area contributed by atoms with Crippen molar-refractivity contribution in [2.24, 2.45) is 0 Å². The molecule has 3 aromatic rings. The van der Waals surface area contributed by atoms with Gasteiger partial charge in [-0.05, 0) is 49.6 Å². The summed E-state index contributed by atoms with van der Waals surface area (Å²) in [7, 11) is 0. The number of nitro groups is 1. The maximum absolute atomic E-state index is 12.2. The van der Waals surface area contributed by atoms with Gasteiger partial charge in [-0.25, -0.2) is 0 Å². The lowest BCUT2D eigenvalue weighted by Crippen LogP contribution is -2.14. The normalized spacial score (nSPS) is 10.6. The number of hydrogen-bond donors (Lipinski definition) is 1. The lowest BCUT2D eigenvalue weighted by molar-refractivity contribution is -0.384. The van der Waals surface area contributed by atoms with Gasteiger partial charge in [-0.1, -0.05) is 23.9 Å². The molecule has 0 saturated carbocycles. The predicted molar refractivity (Wildman–Crippen MR) is 112 cm³/mol. The Morgan fingerprint density at radius 3 is 2.73 bits per heavy atom. The van der Waals surface area contributed by atoms with E-state index in [1.165, 1.54) is 18.2 Å². The molecular weight excluding hydrogens is 408 g/mol. The van der Waals surface area contributed by atoms with Crippen molar-refractivity contribution in [1.82, 2.24) is 10.2 Å². The van der Waals surface area contributed by atoms with E-state index in [1.54, 1.807) is 6.92 Å². The van der Waals surface area contributed by atoms with Gasteiger partial charge >= 0.3 is 0 Å². The fraction of sp³-hybridized carbons (Fsp3) is 0.250. The van der Waals surface area contributed by atoms with E-state index in [9.17, 15) is 14.9 Å². The summed E-state index contributed by atoms with van der Waals surface area (Å²) in [6.45, 7) is 5.81. The molecule has 0 aliphatic heterocycles. The van der Waals surface area contributed by atoms with E-state index in [1.807, 2.05) is 32.0 Å².